The molecule has 0 aromatic heterocycles. The van der Waals surface area contributed by atoms with E-state index in [2.05, 4.69) is 26.6 Å². The number of carbonyl (C=O) groups excluding carboxylic acids is 1. The van der Waals surface area contributed by atoms with Gasteiger partial charge in [0.2, 0.25) is 5.91 Å². The first-order valence-corrected chi connectivity index (χ1v) is 6.78. The third kappa shape index (κ3) is 5.67. The number of carbonyl (C=O) groups is 1. The van der Waals surface area contributed by atoms with Gasteiger partial charge in [0.15, 0.2) is 0 Å². The van der Waals surface area contributed by atoms with Crippen LogP contribution in [0.25, 0.3) is 0 Å². The lowest BCUT2D eigenvalue weighted by molar-refractivity contribution is -0.122. The van der Waals surface area contributed by atoms with Gasteiger partial charge in [0.05, 0.1) is 12.6 Å². The molecule has 1 rings (SSSR count). The van der Waals surface area contributed by atoms with Crippen LogP contribution < -0.4 is 10.6 Å². The first-order valence-electron chi connectivity index (χ1n) is 5.98. The van der Waals surface area contributed by atoms with Gasteiger partial charge in [0.25, 0.3) is 0 Å². The zero-order valence-corrected chi connectivity index (χ0v) is 12.6. The number of methoxy groups -OCH3 is 1. The molecule has 0 bridgehead atoms. The third-order valence-electron chi connectivity index (χ3n) is 2.61. The van der Waals surface area contributed by atoms with Crippen molar-refractivity contribution in [1.82, 2.24) is 10.6 Å². The Morgan fingerprint density at radius 2 is 2.26 bits per heavy atom. The fourth-order valence-corrected chi connectivity index (χ4v) is 1.85. The van der Waals surface area contributed by atoms with Crippen LogP contribution >= 0.6 is 15.9 Å². The Morgan fingerprint density at radius 3 is 2.95 bits per heavy atom. The van der Waals surface area contributed by atoms with Gasteiger partial charge in [-0.25, -0.2) is 4.39 Å². The average molecular weight is 333 g/mol. The van der Waals surface area contributed by atoms with Gasteiger partial charge in [0.1, 0.15) is 5.82 Å². The maximum absolute atomic E-state index is 13.1. The predicted octanol–water partition coefficient (Wildman–Crippen LogP) is 1.83. The number of ether oxygens (including phenoxy) is 1. The van der Waals surface area contributed by atoms with Crippen LogP contribution in [0.1, 0.15) is 12.5 Å². The van der Waals surface area contributed by atoms with Crippen molar-refractivity contribution in [2.75, 3.05) is 20.3 Å². The molecule has 1 atom stereocenters. The summed E-state index contributed by atoms with van der Waals surface area (Å²) in [5.74, 6) is -0.401. The Bertz CT molecular complexity index is 429. The summed E-state index contributed by atoms with van der Waals surface area (Å²) >= 11 is 3.35. The summed E-state index contributed by atoms with van der Waals surface area (Å²) in [5.41, 5.74) is 0.775. The van der Waals surface area contributed by atoms with E-state index in [1.54, 1.807) is 20.1 Å². The highest BCUT2D eigenvalue weighted by atomic mass is 79.9. The van der Waals surface area contributed by atoms with E-state index in [1.165, 1.54) is 12.1 Å². The number of nitrogens with one attached hydrogen (secondary N) is 2. The van der Waals surface area contributed by atoms with Crippen LogP contribution in [0.3, 0.4) is 0 Å². The highest BCUT2D eigenvalue weighted by molar-refractivity contribution is 9.10. The van der Waals surface area contributed by atoms with Crippen LogP contribution in [0, 0.1) is 5.82 Å². The molecule has 0 aliphatic heterocycles. The Hall–Kier alpha value is -0.980. The number of amides is 1. The number of benzene rings is 1. The molecule has 1 unspecified atom stereocenters. The fourth-order valence-electron chi connectivity index (χ4n) is 1.46. The van der Waals surface area contributed by atoms with Gasteiger partial charge in [0, 0.05) is 24.7 Å². The van der Waals surface area contributed by atoms with E-state index in [1.807, 2.05) is 0 Å². The van der Waals surface area contributed by atoms with Crippen molar-refractivity contribution in [1.29, 1.82) is 0 Å². The molecule has 0 aliphatic carbocycles. The lowest BCUT2D eigenvalue weighted by Gasteiger charge is -2.14. The summed E-state index contributed by atoms with van der Waals surface area (Å²) in [7, 11) is 1.58. The SMILES string of the molecule is COCCNC(=O)C(C)NCc1cc(F)ccc1Br. The monoisotopic (exact) mass is 332 g/mol. The van der Waals surface area contributed by atoms with Gasteiger partial charge in [-0.05, 0) is 30.7 Å². The van der Waals surface area contributed by atoms with Crippen LogP contribution in [0.15, 0.2) is 22.7 Å². The van der Waals surface area contributed by atoms with Crippen molar-refractivity contribution in [3.63, 3.8) is 0 Å². The Labute approximate surface area is 120 Å². The zero-order valence-electron chi connectivity index (χ0n) is 11.0. The van der Waals surface area contributed by atoms with Gasteiger partial charge in [-0.1, -0.05) is 15.9 Å². The van der Waals surface area contributed by atoms with E-state index in [-0.39, 0.29) is 17.8 Å². The molecule has 106 valence electrons. The predicted molar refractivity (Wildman–Crippen MR) is 75.3 cm³/mol. The molecule has 0 saturated heterocycles. The molecule has 0 fully saturated rings. The zero-order chi connectivity index (χ0) is 14.3. The maximum atomic E-state index is 13.1. The Kier molecular flexibility index (Phi) is 6.97. The Morgan fingerprint density at radius 1 is 1.53 bits per heavy atom. The minimum absolute atomic E-state index is 0.107. The quantitative estimate of drug-likeness (QED) is 0.749. The lowest BCUT2D eigenvalue weighted by atomic mass is 10.2. The first-order chi connectivity index (χ1) is 9.04. The van der Waals surface area contributed by atoms with Crippen molar-refractivity contribution in [2.45, 2.75) is 19.5 Å². The molecular formula is C13H18BrFN2O2. The molecule has 0 radical (unpaired) electrons. The molecule has 0 aliphatic rings. The van der Waals surface area contributed by atoms with Crippen LogP contribution in [-0.2, 0) is 16.1 Å². The normalized spacial score (nSPS) is 12.2. The molecule has 0 saturated carbocycles. The van der Waals surface area contributed by atoms with Crippen molar-refractivity contribution >= 4 is 21.8 Å². The summed E-state index contributed by atoms with van der Waals surface area (Å²) in [4.78, 5) is 11.7. The number of halogens is 2. The molecular weight excluding hydrogens is 315 g/mol. The summed E-state index contributed by atoms with van der Waals surface area (Å²) in [6.45, 7) is 3.13. The molecule has 19 heavy (non-hydrogen) atoms. The van der Waals surface area contributed by atoms with Gasteiger partial charge < -0.3 is 15.4 Å². The molecule has 6 heteroatoms. The van der Waals surface area contributed by atoms with Gasteiger partial charge in [-0.15, -0.1) is 0 Å². The van der Waals surface area contributed by atoms with Crippen molar-refractivity contribution in [2.24, 2.45) is 0 Å². The lowest BCUT2D eigenvalue weighted by Crippen LogP contribution is -2.42. The van der Waals surface area contributed by atoms with Crippen molar-refractivity contribution < 1.29 is 13.9 Å². The summed E-state index contributed by atoms with van der Waals surface area (Å²) in [6, 6.07) is 4.11. The number of hydrogen-bond acceptors (Lipinski definition) is 3. The number of rotatable bonds is 7. The second-order valence-electron chi connectivity index (χ2n) is 4.12. The van der Waals surface area contributed by atoms with Crippen molar-refractivity contribution in [3.8, 4) is 0 Å². The molecule has 0 spiro atoms. The summed E-state index contributed by atoms with van der Waals surface area (Å²) in [5, 5.41) is 5.78. The maximum Gasteiger partial charge on any atom is 0.236 e. The van der Waals surface area contributed by atoms with E-state index in [0.29, 0.717) is 19.7 Å². The summed E-state index contributed by atoms with van der Waals surface area (Å²) < 4.78 is 18.8. The smallest absolute Gasteiger partial charge is 0.236 e. The Balaban J connectivity index is 2.42. The molecule has 0 heterocycles. The highest BCUT2D eigenvalue weighted by Crippen LogP contribution is 2.17. The van der Waals surface area contributed by atoms with Crippen LogP contribution in [0.4, 0.5) is 4.39 Å². The standard InChI is InChI=1S/C13H18BrFN2O2/c1-9(13(18)16-5-6-19-2)17-8-10-7-11(15)3-4-12(10)14/h3-4,7,9,17H,5-6,8H2,1-2H3,(H,16,18). The molecule has 1 amide bonds. The molecule has 1 aromatic rings. The van der Waals surface area contributed by atoms with E-state index in [0.717, 1.165) is 10.0 Å². The topological polar surface area (TPSA) is 50.4 Å². The second kappa shape index (κ2) is 8.24. The highest BCUT2D eigenvalue weighted by Gasteiger charge is 2.12. The van der Waals surface area contributed by atoms with E-state index in [9.17, 15) is 9.18 Å². The van der Waals surface area contributed by atoms with E-state index in [4.69, 9.17) is 4.74 Å². The number of hydrogen-bond donors (Lipinski definition) is 2. The van der Waals surface area contributed by atoms with Crippen LogP contribution in [0.5, 0.6) is 0 Å². The minimum atomic E-state index is -0.355. The van der Waals surface area contributed by atoms with Crippen LogP contribution in [-0.4, -0.2) is 32.2 Å². The fraction of sp³-hybridized carbons (Fsp3) is 0.462. The summed E-state index contributed by atoms with van der Waals surface area (Å²) in [6.07, 6.45) is 0. The van der Waals surface area contributed by atoms with E-state index >= 15 is 0 Å². The van der Waals surface area contributed by atoms with Gasteiger partial charge in [-0.2, -0.15) is 0 Å². The van der Waals surface area contributed by atoms with Gasteiger partial charge >= 0.3 is 0 Å². The largest absolute Gasteiger partial charge is 0.383 e. The van der Waals surface area contributed by atoms with Crippen molar-refractivity contribution in [3.05, 3.63) is 34.1 Å². The molecule has 4 nitrogen and oxygen atoms in total. The first kappa shape index (κ1) is 16.1. The average Bonchev–Trinajstić information content (AvgIpc) is 2.39. The second-order valence-corrected chi connectivity index (χ2v) is 4.98. The molecule has 1 aromatic carbocycles. The van der Waals surface area contributed by atoms with Crippen LogP contribution in [0.2, 0.25) is 0 Å². The van der Waals surface area contributed by atoms with E-state index < -0.39 is 0 Å². The molecule has 2 N–H and O–H groups in total. The van der Waals surface area contributed by atoms with Gasteiger partial charge in [-0.3, -0.25) is 4.79 Å². The minimum Gasteiger partial charge on any atom is -0.383 e. The third-order valence-corrected chi connectivity index (χ3v) is 3.38.